The lowest BCUT2D eigenvalue weighted by atomic mass is 9.97. The first-order valence-electron chi connectivity index (χ1n) is 5.70. The van der Waals surface area contributed by atoms with Crippen LogP contribution in [0.25, 0.3) is 0 Å². The van der Waals surface area contributed by atoms with Gasteiger partial charge in [-0.2, -0.15) is 23.5 Å². The molecular weight excluding hydrogens is 212 g/mol. The molecule has 0 aromatic carbocycles. The van der Waals surface area contributed by atoms with Crippen molar-refractivity contribution in [1.29, 1.82) is 0 Å². The highest BCUT2D eigenvalue weighted by Crippen LogP contribution is 2.39. The summed E-state index contributed by atoms with van der Waals surface area (Å²) >= 11 is 4.03. The standard InChI is InChI=1S/C11H20OS2/c1-8-11(14-7-6-13-8)10(12)9-4-2-3-5-9/h8-12H,2-7H2,1H3. The zero-order valence-corrected chi connectivity index (χ0v) is 10.4. The molecule has 1 saturated carbocycles. The predicted octanol–water partition coefficient (Wildman–Crippen LogP) is 2.77. The van der Waals surface area contributed by atoms with Crippen molar-refractivity contribution in [2.24, 2.45) is 5.92 Å². The first-order valence-corrected chi connectivity index (χ1v) is 7.80. The van der Waals surface area contributed by atoms with Crippen molar-refractivity contribution < 1.29 is 5.11 Å². The van der Waals surface area contributed by atoms with Gasteiger partial charge in [0, 0.05) is 22.0 Å². The van der Waals surface area contributed by atoms with Gasteiger partial charge in [-0.25, -0.2) is 0 Å². The van der Waals surface area contributed by atoms with E-state index in [9.17, 15) is 5.11 Å². The minimum absolute atomic E-state index is 0.0368. The molecule has 2 fully saturated rings. The smallest absolute Gasteiger partial charge is 0.0697 e. The van der Waals surface area contributed by atoms with Crippen LogP contribution in [0.2, 0.25) is 0 Å². The van der Waals surface area contributed by atoms with Crippen LogP contribution in [0, 0.1) is 5.92 Å². The molecule has 1 nitrogen and oxygen atoms in total. The number of aliphatic hydroxyl groups is 1. The van der Waals surface area contributed by atoms with Crippen LogP contribution >= 0.6 is 23.5 Å². The molecule has 0 amide bonds. The SMILES string of the molecule is CC1SCCSC1C(O)C1CCCC1. The summed E-state index contributed by atoms with van der Waals surface area (Å²) in [6, 6.07) is 0. The van der Waals surface area contributed by atoms with Gasteiger partial charge < -0.3 is 5.11 Å². The van der Waals surface area contributed by atoms with E-state index < -0.39 is 0 Å². The lowest BCUT2D eigenvalue weighted by molar-refractivity contribution is 0.108. The number of thioether (sulfide) groups is 2. The van der Waals surface area contributed by atoms with Crippen LogP contribution in [0.4, 0.5) is 0 Å². The molecule has 1 N–H and O–H groups in total. The maximum atomic E-state index is 10.3. The van der Waals surface area contributed by atoms with Gasteiger partial charge in [-0.1, -0.05) is 19.8 Å². The summed E-state index contributed by atoms with van der Waals surface area (Å²) in [5, 5.41) is 11.4. The second-order valence-corrected chi connectivity index (χ2v) is 7.22. The van der Waals surface area contributed by atoms with Crippen LogP contribution in [0.3, 0.4) is 0 Å². The third kappa shape index (κ3) is 2.42. The van der Waals surface area contributed by atoms with E-state index in [1.54, 1.807) is 0 Å². The number of hydrogen-bond donors (Lipinski definition) is 1. The fourth-order valence-corrected chi connectivity index (χ4v) is 5.52. The highest BCUT2D eigenvalue weighted by molar-refractivity contribution is 8.07. The van der Waals surface area contributed by atoms with Crippen molar-refractivity contribution in [2.45, 2.75) is 49.2 Å². The van der Waals surface area contributed by atoms with Gasteiger partial charge in [-0.3, -0.25) is 0 Å². The first kappa shape index (κ1) is 11.2. The van der Waals surface area contributed by atoms with Crippen molar-refractivity contribution in [3.63, 3.8) is 0 Å². The first-order chi connectivity index (χ1) is 6.79. The minimum Gasteiger partial charge on any atom is -0.392 e. The Labute approximate surface area is 95.4 Å². The lowest BCUT2D eigenvalue weighted by Gasteiger charge is -2.34. The Kier molecular flexibility index (Phi) is 4.09. The molecule has 2 aliphatic rings. The van der Waals surface area contributed by atoms with E-state index in [1.807, 2.05) is 23.5 Å². The van der Waals surface area contributed by atoms with Crippen LogP contribution in [-0.2, 0) is 0 Å². The Morgan fingerprint density at radius 2 is 1.79 bits per heavy atom. The molecule has 0 radical (unpaired) electrons. The molecule has 1 heterocycles. The minimum atomic E-state index is -0.0368. The molecule has 0 bridgehead atoms. The molecule has 1 saturated heterocycles. The predicted molar refractivity (Wildman–Crippen MR) is 66.1 cm³/mol. The van der Waals surface area contributed by atoms with Crippen molar-refractivity contribution in [3.8, 4) is 0 Å². The third-order valence-corrected chi connectivity index (χ3v) is 6.66. The molecule has 3 atom stereocenters. The second kappa shape index (κ2) is 5.13. The van der Waals surface area contributed by atoms with Crippen molar-refractivity contribution in [1.82, 2.24) is 0 Å². The molecule has 1 aliphatic heterocycles. The van der Waals surface area contributed by atoms with Gasteiger partial charge in [-0.05, 0) is 18.8 Å². The Morgan fingerprint density at radius 1 is 1.14 bits per heavy atom. The quantitative estimate of drug-likeness (QED) is 0.790. The Hall–Kier alpha value is 0.660. The van der Waals surface area contributed by atoms with Crippen LogP contribution in [0.5, 0.6) is 0 Å². The van der Waals surface area contributed by atoms with Crippen LogP contribution in [-0.4, -0.2) is 33.2 Å². The summed E-state index contributed by atoms with van der Waals surface area (Å²) in [5.41, 5.74) is 0. The normalized spacial score (nSPS) is 37.3. The van der Waals surface area contributed by atoms with E-state index >= 15 is 0 Å². The van der Waals surface area contributed by atoms with Crippen LogP contribution in [0.1, 0.15) is 32.6 Å². The molecule has 0 aromatic heterocycles. The molecule has 0 spiro atoms. The van der Waals surface area contributed by atoms with E-state index in [4.69, 9.17) is 0 Å². The van der Waals surface area contributed by atoms with E-state index in [-0.39, 0.29) is 6.10 Å². The average molecular weight is 232 g/mol. The number of hydrogen-bond acceptors (Lipinski definition) is 3. The topological polar surface area (TPSA) is 20.2 Å². The molecule has 3 unspecified atom stereocenters. The molecule has 14 heavy (non-hydrogen) atoms. The molecule has 3 heteroatoms. The molecule has 2 rings (SSSR count). The van der Waals surface area contributed by atoms with Crippen molar-refractivity contribution in [2.75, 3.05) is 11.5 Å². The van der Waals surface area contributed by atoms with Gasteiger partial charge in [0.25, 0.3) is 0 Å². The molecule has 0 aromatic rings. The van der Waals surface area contributed by atoms with Crippen LogP contribution < -0.4 is 0 Å². The van der Waals surface area contributed by atoms with Gasteiger partial charge >= 0.3 is 0 Å². The summed E-state index contributed by atoms with van der Waals surface area (Å²) in [6.07, 6.45) is 5.15. The molecule has 1 aliphatic carbocycles. The average Bonchev–Trinajstić information content (AvgIpc) is 2.70. The Balaban J connectivity index is 1.91. The molecule has 82 valence electrons. The monoisotopic (exact) mass is 232 g/mol. The van der Waals surface area contributed by atoms with Crippen molar-refractivity contribution >= 4 is 23.5 Å². The number of aliphatic hydroxyl groups excluding tert-OH is 1. The van der Waals surface area contributed by atoms with Gasteiger partial charge in [0.1, 0.15) is 0 Å². The highest BCUT2D eigenvalue weighted by Gasteiger charge is 2.35. The van der Waals surface area contributed by atoms with Gasteiger partial charge in [0.15, 0.2) is 0 Å². The maximum absolute atomic E-state index is 10.3. The fourth-order valence-electron chi connectivity index (χ4n) is 2.59. The van der Waals surface area contributed by atoms with Gasteiger partial charge in [0.05, 0.1) is 6.10 Å². The maximum Gasteiger partial charge on any atom is 0.0697 e. The summed E-state index contributed by atoms with van der Waals surface area (Å²) < 4.78 is 0. The van der Waals surface area contributed by atoms with Gasteiger partial charge in [-0.15, -0.1) is 0 Å². The summed E-state index contributed by atoms with van der Waals surface area (Å²) in [6.45, 7) is 2.28. The zero-order valence-electron chi connectivity index (χ0n) is 8.82. The number of rotatable bonds is 2. The molecular formula is C11H20OS2. The van der Waals surface area contributed by atoms with Crippen molar-refractivity contribution in [3.05, 3.63) is 0 Å². The summed E-state index contributed by atoms with van der Waals surface area (Å²) in [5.74, 6) is 3.09. The van der Waals surface area contributed by atoms with E-state index in [2.05, 4.69) is 6.92 Å². The summed E-state index contributed by atoms with van der Waals surface area (Å²) in [4.78, 5) is 0. The van der Waals surface area contributed by atoms with Gasteiger partial charge in [0.2, 0.25) is 0 Å². The highest BCUT2D eigenvalue weighted by atomic mass is 32.2. The fraction of sp³-hybridized carbons (Fsp3) is 1.00. The van der Waals surface area contributed by atoms with E-state index in [1.165, 1.54) is 37.2 Å². The second-order valence-electron chi connectivity index (χ2n) is 4.45. The third-order valence-electron chi connectivity index (χ3n) is 3.46. The Morgan fingerprint density at radius 3 is 2.43 bits per heavy atom. The van der Waals surface area contributed by atoms with Crippen LogP contribution in [0.15, 0.2) is 0 Å². The largest absolute Gasteiger partial charge is 0.392 e. The zero-order chi connectivity index (χ0) is 9.97. The summed E-state index contributed by atoms with van der Waals surface area (Å²) in [7, 11) is 0. The Bertz CT molecular complexity index is 180. The lowest BCUT2D eigenvalue weighted by Crippen LogP contribution is -2.38. The van der Waals surface area contributed by atoms with E-state index in [0.717, 1.165) is 0 Å². The van der Waals surface area contributed by atoms with E-state index in [0.29, 0.717) is 16.4 Å².